The first-order chi connectivity index (χ1) is 11.7. The van der Waals surface area contributed by atoms with Crippen molar-refractivity contribution in [1.29, 1.82) is 0 Å². The summed E-state index contributed by atoms with van der Waals surface area (Å²) in [6, 6.07) is 7.18. The van der Waals surface area contributed by atoms with Crippen molar-refractivity contribution in [1.82, 2.24) is 20.8 Å². The molecule has 7 heteroatoms. The van der Waals surface area contributed by atoms with Gasteiger partial charge in [-0.15, -0.1) is 0 Å². The molecule has 1 saturated heterocycles. The molecule has 1 aromatic carbocycles. The van der Waals surface area contributed by atoms with Crippen LogP contribution in [0.5, 0.6) is 0 Å². The number of carbonyl (C=O) groups excluding carboxylic acids is 1. The summed E-state index contributed by atoms with van der Waals surface area (Å²) in [6.45, 7) is 4.59. The number of para-hydroxylation sites is 1. The van der Waals surface area contributed by atoms with Crippen LogP contribution in [0.15, 0.2) is 28.8 Å². The molecule has 0 spiro atoms. The van der Waals surface area contributed by atoms with Crippen molar-refractivity contribution >= 4 is 11.7 Å². The summed E-state index contributed by atoms with van der Waals surface area (Å²) in [5.41, 5.74) is 1.37. The first-order valence-electron chi connectivity index (χ1n) is 8.37. The van der Waals surface area contributed by atoms with Gasteiger partial charge in [0.25, 0.3) is 5.89 Å². The summed E-state index contributed by atoms with van der Waals surface area (Å²) >= 11 is 0. The van der Waals surface area contributed by atoms with Gasteiger partial charge in [0, 0.05) is 6.54 Å². The maximum atomic E-state index is 12.1. The molecule has 1 aliphatic rings. The third-order valence-electron chi connectivity index (χ3n) is 4.23. The number of hydrogen-bond donors (Lipinski definition) is 3. The summed E-state index contributed by atoms with van der Waals surface area (Å²) in [6.07, 6.45) is 3.38. The fourth-order valence-corrected chi connectivity index (χ4v) is 2.91. The largest absolute Gasteiger partial charge is 0.338 e. The monoisotopic (exact) mass is 329 g/mol. The Morgan fingerprint density at radius 2 is 2.12 bits per heavy atom. The van der Waals surface area contributed by atoms with E-state index in [9.17, 15) is 4.79 Å². The van der Waals surface area contributed by atoms with E-state index in [1.807, 2.05) is 24.3 Å². The second kappa shape index (κ2) is 7.92. The Balaban J connectivity index is 1.54. The van der Waals surface area contributed by atoms with Crippen molar-refractivity contribution in [3.8, 4) is 11.5 Å². The lowest BCUT2D eigenvalue weighted by atomic mass is 9.95. The van der Waals surface area contributed by atoms with Gasteiger partial charge in [0.05, 0.1) is 11.3 Å². The molecule has 1 aliphatic heterocycles. The topological polar surface area (TPSA) is 92.1 Å². The lowest BCUT2D eigenvalue weighted by Crippen LogP contribution is -2.33. The molecule has 0 saturated carbocycles. The number of anilines is 1. The van der Waals surface area contributed by atoms with E-state index in [-0.39, 0.29) is 6.03 Å². The van der Waals surface area contributed by atoms with Gasteiger partial charge in [-0.2, -0.15) is 4.98 Å². The lowest BCUT2D eigenvalue weighted by Gasteiger charge is -2.22. The fourth-order valence-electron chi connectivity index (χ4n) is 2.91. The summed E-state index contributed by atoms with van der Waals surface area (Å²) in [7, 11) is 0. The van der Waals surface area contributed by atoms with Crippen LogP contribution in [-0.2, 0) is 0 Å². The maximum absolute atomic E-state index is 12.1. The maximum Gasteiger partial charge on any atom is 0.319 e. The predicted octanol–water partition coefficient (Wildman–Crippen LogP) is 2.56. The Labute approximate surface area is 141 Å². The molecule has 0 atom stereocenters. The van der Waals surface area contributed by atoms with Crippen LogP contribution in [-0.4, -0.2) is 35.8 Å². The van der Waals surface area contributed by atoms with Crippen LogP contribution in [0.2, 0.25) is 0 Å². The molecule has 2 amide bonds. The first-order valence-corrected chi connectivity index (χ1v) is 8.37. The van der Waals surface area contributed by atoms with Crippen molar-refractivity contribution in [2.75, 3.05) is 25.0 Å². The molecule has 3 rings (SSSR count). The SMILES string of the molecule is Cc1noc(-c2ccccc2NC(=O)NCCC2CCNCC2)n1. The van der Waals surface area contributed by atoms with Gasteiger partial charge in [-0.3, -0.25) is 0 Å². The summed E-state index contributed by atoms with van der Waals surface area (Å²) < 4.78 is 5.19. The molecular formula is C17H23N5O2. The van der Waals surface area contributed by atoms with Crippen molar-refractivity contribution in [3.63, 3.8) is 0 Å². The van der Waals surface area contributed by atoms with Gasteiger partial charge < -0.3 is 20.5 Å². The summed E-state index contributed by atoms with van der Waals surface area (Å²) in [4.78, 5) is 16.4. The van der Waals surface area contributed by atoms with Gasteiger partial charge in [0.15, 0.2) is 5.82 Å². The van der Waals surface area contributed by atoms with E-state index in [0.29, 0.717) is 35.4 Å². The number of urea groups is 1. The number of nitrogens with one attached hydrogen (secondary N) is 3. The normalized spacial score (nSPS) is 15.2. The second-order valence-electron chi connectivity index (χ2n) is 6.06. The minimum absolute atomic E-state index is 0.215. The van der Waals surface area contributed by atoms with Gasteiger partial charge in [0.2, 0.25) is 0 Å². The van der Waals surface area contributed by atoms with Crippen molar-refractivity contribution in [2.45, 2.75) is 26.2 Å². The van der Waals surface area contributed by atoms with Crippen LogP contribution >= 0.6 is 0 Å². The van der Waals surface area contributed by atoms with Crippen LogP contribution < -0.4 is 16.0 Å². The van der Waals surface area contributed by atoms with Gasteiger partial charge in [0.1, 0.15) is 0 Å². The lowest BCUT2D eigenvalue weighted by molar-refractivity contribution is 0.250. The summed E-state index contributed by atoms with van der Waals surface area (Å²) in [5, 5.41) is 12.9. The number of hydrogen-bond acceptors (Lipinski definition) is 5. The molecule has 24 heavy (non-hydrogen) atoms. The average Bonchev–Trinajstić information content (AvgIpc) is 3.02. The molecule has 1 fully saturated rings. The Hall–Kier alpha value is -2.41. The second-order valence-corrected chi connectivity index (χ2v) is 6.06. The highest BCUT2D eigenvalue weighted by atomic mass is 16.5. The molecule has 2 aromatic rings. The van der Waals surface area contributed by atoms with Crippen LogP contribution in [0, 0.1) is 12.8 Å². The van der Waals surface area contributed by atoms with Crippen molar-refractivity contribution < 1.29 is 9.32 Å². The van der Waals surface area contributed by atoms with Crippen LogP contribution in [0.3, 0.4) is 0 Å². The van der Waals surface area contributed by atoms with Crippen molar-refractivity contribution in [3.05, 3.63) is 30.1 Å². The fraction of sp³-hybridized carbons (Fsp3) is 0.471. The molecular weight excluding hydrogens is 306 g/mol. The van der Waals surface area contributed by atoms with Crippen LogP contribution in [0.1, 0.15) is 25.1 Å². The molecule has 2 heterocycles. The molecule has 0 bridgehead atoms. The third kappa shape index (κ3) is 4.32. The predicted molar refractivity (Wildman–Crippen MR) is 91.7 cm³/mol. The number of amides is 2. The minimum Gasteiger partial charge on any atom is -0.338 e. The average molecular weight is 329 g/mol. The summed E-state index contributed by atoms with van der Waals surface area (Å²) in [5.74, 6) is 1.66. The highest BCUT2D eigenvalue weighted by molar-refractivity contribution is 5.93. The molecule has 128 valence electrons. The van der Waals surface area contributed by atoms with Crippen LogP contribution in [0.25, 0.3) is 11.5 Å². The number of aromatic nitrogens is 2. The smallest absolute Gasteiger partial charge is 0.319 e. The van der Waals surface area contributed by atoms with E-state index >= 15 is 0 Å². The van der Waals surface area contributed by atoms with E-state index in [2.05, 4.69) is 26.1 Å². The van der Waals surface area contributed by atoms with E-state index in [4.69, 9.17) is 4.52 Å². The zero-order valence-electron chi connectivity index (χ0n) is 13.8. The van der Waals surface area contributed by atoms with Crippen molar-refractivity contribution in [2.24, 2.45) is 5.92 Å². The minimum atomic E-state index is -0.215. The van der Waals surface area contributed by atoms with Gasteiger partial charge in [-0.25, -0.2) is 4.79 Å². The quantitative estimate of drug-likeness (QED) is 0.784. The molecule has 1 aromatic heterocycles. The standard InChI is InChI=1S/C17H23N5O2/c1-12-20-16(24-22-12)14-4-2-3-5-15(14)21-17(23)19-11-8-13-6-9-18-10-7-13/h2-5,13,18H,6-11H2,1H3,(H2,19,21,23). The number of carbonyl (C=O) groups is 1. The van der Waals surface area contributed by atoms with E-state index in [1.165, 1.54) is 12.8 Å². The van der Waals surface area contributed by atoms with Crippen LogP contribution in [0.4, 0.5) is 10.5 Å². The van der Waals surface area contributed by atoms with E-state index in [0.717, 1.165) is 19.5 Å². The number of rotatable bonds is 5. The van der Waals surface area contributed by atoms with Gasteiger partial charge in [-0.1, -0.05) is 17.3 Å². The van der Waals surface area contributed by atoms with E-state index in [1.54, 1.807) is 6.92 Å². The highest BCUT2D eigenvalue weighted by Gasteiger charge is 2.15. The first kappa shape index (κ1) is 16.4. The number of piperidine rings is 1. The highest BCUT2D eigenvalue weighted by Crippen LogP contribution is 2.26. The molecule has 0 aliphatic carbocycles. The third-order valence-corrected chi connectivity index (χ3v) is 4.23. The molecule has 7 nitrogen and oxygen atoms in total. The van der Waals surface area contributed by atoms with Gasteiger partial charge >= 0.3 is 6.03 Å². The Morgan fingerprint density at radius 1 is 1.33 bits per heavy atom. The molecule has 0 unspecified atom stereocenters. The molecule has 3 N–H and O–H groups in total. The van der Waals surface area contributed by atoms with Gasteiger partial charge in [-0.05, 0) is 57.3 Å². The van der Waals surface area contributed by atoms with E-state index < -0.39 is 0 Å². The zero-order valence-corrected chi connectivity index (χ0v) is 13.8. The Kier molecular flexibility index (Phi) is 5.43. The number of nitrogens with zero attached hydrogens (tertiary/aromatic N) is 2. The number of benzene rings is 1. The Bertz CT molecular complexity index is 679. The molecule has 0 radical (unpaired) electrons. The number of aryl methyl sites for hydroxylation is 1. The Morgan fingerprint density at radius 3 is 2.88 bits per heavy atom. The zero-order chi connectivity index (χ0) is 16.8.